The normalized spacial score (nSPS) is 11.1. The van der Waals surface area contributed by atoms with Crippen LogP contribution in [0.3, 0.4) is 0 Å². The van der Waals surface area contributed by atoms with Crippen LogP contribution in [0.4, 0.5) is 0 Å². The first kappa shape index (κ1) is 21.9. The molecule has 0 radical (unpaired) electrons. The minimum absolute atomic E-state index is 0.182. The monoisotopic (exact) mass is 468 g/mol. The average Bonchev–Trinajstić information content (AvgIpc) is 3.27. The van der Waals surface area contributed by atoms with E-state index in [2.05, 4.69) is 10.2 Å². The average molecular weight is 469 g/mol. The first-order valence-corrected chi connectivity index (χ1v) is 11.2. The van der Waals surface area contributed by atoms with E-state index in [4.69, 9.17) is 17.3 Å². The molecule has 2 aromatic heterocycles. The fourth-order valence-electron chi connectivity index (χ4n) is 3.44. The van der Waals surface area contributed by atoms with Crippen LogP contribution in [-0.2, 0) is 11.8 Å². The predicted molar refractivity (Wildman–Crippen MR) is 126 cm³/mol. The van der Waals surface area contributed by atoms with Gasteiger partial charge in [-0.25, -0.2) is 4.68 Å². The van der Waals surface area contributed by atoms with Crippen molar-refractivity contribution in [3.8, 4) is 22.8 Å². The summed E-state index contributed by atoms with van der Waals surface area (Å²) in [6.45, 7) is 1.87. The fraction of sp³-hybridized carbons (Fsp3) is 0.182. The number of hydrogen-bond donors (Lipinski definition) is 1. The van der Waals surface area contributed by atoms with Gasteiger partial charge in [0, 0.05) is 24.8 Å². The molecule has 2 N–H and O–H groups in total. The van der Waals surface area contributed by atoms with E-state index in [-0.39, 0.29) is 12.0 Å². The van der Waals surface area contributed by atoms with Gasteiger partial charge >= 0.3 is 0 Å². The molecule has 0 saturated carbocycles. The Kier molecular flexibility index (Phi) is 6.20. The van der Waals surface area contributed by atoms with Crippen LogP contribution in [0.2, 0.25) is 5.02 Å². The zero-order valence-corrected chi connectivity index (χ0v) is 19.1. The first-order chi connectivity index (χ1) is 15.4. The fourth-order valence-corrected chi connectivity index (χ4v) is 4.55. The number of nitrogens with zero attached hydrogens (tertiary/aromatic N) is 5. The number of hydrogen-bond acceptors (Lipinski definition) is 5. The lowest BCUT2D eigenvalue weighted by molar-refractivity contribution is -0.117. The Labute approximate surface area is 193 Å². The van der Waals surface area contributed by atoms with Crippen LogP contribution in [0, 0.1) is 6.92 Å². The summed E-state index contributed by atoms with van der Waals surface area (Å²) in [5.41, 5.74) is 7.60. The smallest absolute Gasteiger partial charge is 0.296 e. The molecule has 0 atom stereocenters. The maximum Gasteiger partial charge on any atom is 0.296 e. The lowest BCUT2D eigenvalue weighted by Gasteiger charge is -2.10. The molecule has 2 heterocycles. The quantitative estimate of drug-likeness (QED) is 0.419. The first-order valence-electron chi connectivity index (χ1n) is 9.86. The van der Waals surface area contributed by atoms with Gasteiger partial charge in [-0.15, -0.1) is 10.2 Å². The van der Waals surface area contributed by atoms with Crippen LogP contribution in [0.25, 0.3) is 22.8 Å². The van der Waals surface area contributed by atoms with Crippen molar-refractivity contribution in [3.05, 3.63) is 75.7 Å². The molecule has 4 rings (SSSR count). The van der Waals surface area contributed by atoms with Gasteiger partial charge in [-0.2, -0.15) is 0 Å². The van der Waals surface area contributed by atoms with Crippen molar-refractivity contribution in [2.45, 2.75) is 18.5 Å². The molecular weight excluding hydrogens is 448 g/mol. The lowest BCUT2D eigenvalue weighted by atomic mass is 10.2. The second-order valence-electron chi connectivity index (χ2n) is 7.10. The molecule has 164 valence electrons. The topological polar surface area (TPSA) is 101 Å². The van der Waals surface area contributed by atoms with Crippen molar-refractivity contribution >= 4 is 29.3 Å². The van der Waals surface area contributed by atoms with Crippen LogP contribution in [0.15, 0.2) is 64.5 Å². The van der Waals surface area contributed by atoms with Gasteiger partial charge in [0.2, 0.25) is 5.91 Å². The number of carbonyl (C=O) groups excluding carboxylic acids is 1. The molecule has 32 heavy (non-hydrogen) atoms. The van der Waals surface area contributed by atoms with Crippen molar-refractivity contribution in [1.29, 1.82) is 0 Å². The van der Waals surface area contributed by atoms with Gasteiger partial charge in [0.1, 0.15) is 5.69 Å². The van der Waals surface area contributed by atoms with Crippen LogP contribution in [0.1, 0.15) is 12.1 Å². The van der Waals surface area contributed by atoms with E-state index in [1.807, 2.05) is 62.5 Å². The van der Waals surface area contributed by atoms with Crippen molar-refractivity contribution in [2.75, 3.05) is 5.75 Å². The van der Waals surface area contributed by atoms with Crippen LogP contribution in [0.5, 0.6) is 0 Å². The molecular formula is C22H21ClN6O2S. The summed E-state index contributed by atoms with van der Waals surface area (Å²) in [6, 6.07) is 16.7. The number of aromatic nitrogens is 5. The summed E-state index contributed by atoms with van der Waals surface area (Å²) in [4.78, 5) is 24.9. The number of thioether (sulfide) groups is 1. The minimum Gasteiger partial charge on any atom is -0.370 e. The highest BCUT2D eigenvalue weighted by Gasteiger charge is 2.25. The molecule has 0 fully saturated rings. The Morgan fingerprint density at radius 1 is 1.09 bits per heavy atom. The molecule has 0 bridgehead atoms. The van der Waals surface area contributed by atoms with E-state index in [1.165, 1.54) is 11.8 Å². The molecule has 0 aliphatic heterocycles. The van der Waals surface area contributed by atoms with Gasteiger partial charge in [0.15, 0.2) is 11.0 Å². The Hall–Kier alpha value is -3.30. The molecule has 0 aliphatic rings. The summed E-state index contributed by atoms with van der Waals surface area (Å²) in [6.07, 6.45) is 0.182. The Morgan fingerprint density at radius 3 is 2.47 bits per heavy atom. The number of primary amides is 1. The summed E-state index contributed by atoms with van der Waals surface area (Å²) >= 11 is 7.76. The van der Waals surface area contributed by atoms with Gasteiger partial charge in [0.25, 0.3) is 5.56 Å². The number of carbonyl (C=O) groups is 1. The van der Waals surface area contributed by atoms with E-state index in [0.717, 1.165) is 11.4 Å². The molecule has 0 saturated heterocycles. The number of benzene rings is 2. The standard InChI is InChI=1S/C22H21ClN6O2S/c1-14-19(21(31)29(27(14)2)15-8-4-3-5-9-15)28-20(16-10-6-7-11-17(16)23)25-26-22(28)32-13-12-18(24)30/h3-11H,12-13H2,1-2H3,(H2,24,30). The number of halogens is 1. The van der Waals surface area contributed by atoms with Crippen LogP contribution >= 0.6 is 23.4 Å². The van der Waals surface area contributed by atoms with E-state index >= 15 is 0 Å². The van der Waals surface area contributed by atoms with Crippen molar-refractivity contribution in [3.63, 3.8) is 0 Å². The predicted octanol–water partition coefficient (Wildman–Crippen LogP) is 3.35. The van der Waals surface area contributed by atoms with Crippen molar-refractivity contribution in [1.82, 2.24) is 24.1 Å². The zero-order valence-electron chi connectivity index (χ0n) is 17.5. The lowest BCUT2D eigenvalue weighted by Crippen LogP contribution is -2.22. The third kappa shape index (κ3) is 3.96. The van der Waals surface area contributed by atoms with Gasteiger partial charge < -0.3 is 5.73 Å². The Morgan fingerprint density at radius 2 is 1.78 bits per heavy atom. The largest absolute Gasteiger partial charge is 0.370 e. The van der Waals surface area contributed by atoms with E-state index in [1.54, 1.807) is 20.0 Å². The molecule has 0 aliphatic carbocycles. The highest BCUT2D eigenvalue weighted by Crippen LogP contribution is 2.32. The number of para-hydroxylation sites is 1. The molecule has 2 aromatic carbocycles. The maximum atomic E-state index is 13.7. The van der Waals surface area contributed by atoms with Crippen LogP contribution in [-0.4, -0.2) is 35.8 Å². The third-order valence-electron chi connectivity index (χ3n) is 5.08. The van der Waals surface area contributed by atoms with Crippen LogP contribution < -0.4 is 11.3 Å². The zero-order chi connectivity index (χ0) is 22.8. The molecule has 1 amide bonds. The highest BCUT2D eigenvalue weighted by molar-refractivity contribution is 7.99. The van der Waals surface area contributed by atoms with E-state index < -0.39 is 5.91 Å². The van der Waals surface area contributed by atoms with Gasteiger partial charge in [-0.05, 0) is 31.2 Å². The van der Waals surface area contributed by atoms with Gasteiger partial charge in [0.05, 0.1) is 16.4 Å². The maximum absolute atomic E-state index is 13.7. The Bertz CT molecular complexity index is 1340. The molecule has 0 unspecified atom stereocenters. The molecule has 0 spiro atoms. The van der Waals surface area contributed by atoms with E-state index in [9.17, 15) is 9.59 Å². The summed E-state index contributed by atoms with van der Waals surface area (Å²) in [5.74, 6) is 0.453. The summed E-state index contributed by atoms with van der Waals surface area (Å²) in [5, 5.41) is 9.63. The van der Waals surface area contributed by atoms with Gasteiger partial charge in [-0.3, -0.25) is 18.8 Å². The summed E-state index contributed by atoms with van der Waals surface area (Å²) in [7, 11) is 1.83. The van der Waals surface area contributed by atoms with Gasteiger partial charge in [-0.1, -0.05) is 53.7 Å². The molecule has 4 aromatic rings. The Balaban J connectivity index is 1.94. The third-order valence-corrected chi connectivity index (χ3v) is 6.34. The van der Waals surface area contributed by atoms with Crippen molar-refractivity contribution in [2.24, 2.45) is 12.8 Å². The van der Waals surface area contributed by atoms with Crippen molar-refractivity contribution < 1.29 is 4.79 Å². The minimum atomic E-state index is -0.405. The highest BCUT2D eigenvalue weighted by atomic mass is 35.5. The second kappa shape index (κ2) is 9.05. The number of rotatable bonds is 7. The van der Waals surface area contributed by atoms with E-state index in [0.29, 0.717) is 33.0 Å². The molecule has 8 nitrogen and oxygen atoms in total. The molecule has 10 heteroatoms. The second-order valence-corrected chi connectivity index (χ2v) is 8.57. The number of amides is 1. The number of nitrogens with two attached hydrogens (primary N) is 1. The summed E-state index contributed by atoms with van der Waals surface area (Å²) < 4.78 is 5.10. The SMILES string of the molecule is Cc1c(-n2c(SCCC(N)=O)nnc2-c2ccccc2Cl)c(=O)n(-c2ccccc2)n1C.